The van der Waals surface area contributed by atoms with Gasteiger partial charge in [0.2, 0.25) is 0 Å². The summed E-state index contributed by atoms with van der Waals surface area (Å²) in [5.41, 5.74) is 0. The second kappa shape index (κ2) is 48.3. The lowest BCUT2D eigenvalue weighted by molar-refractivity contribution is -0.166. The van der Waals surface area contributed by atoms with Crippen LogP contribution in [0.4, 0.5) is 0 Å². The molecule has 0 radical (unpaired) electrons. The fourth-order valence-electron chi connectivity index (χ4n) is 6.55. The molecular formula is C54H90O6. The zero-order valence-corrected chi connectivity index (χ0v) is 38.9. The van der Waals surface area contributed by atoms with E-state index >= 15 is 0 Å². The van der Waals surface area contributed by atoms with E-state index in [-0.39, 0.29) is 38.0 Å². The predicted molar refractivity (Wildman–Crippen MR) is 256 cm³/mol. The molecule has 0 aliphatic carbocycles. The van der Waals surface area contributed by atoms with E-state index in [2.05, 4.69) is 93.7 Å². The number of carbonyl (C=O) groups excluding carboxylic acids is 3. The molecule has 0 heterocycles. The third-order valence-electron chi connectivity index (χ3n) is 10.2. The number of hydrogen-bond donors (Lipinski definition) is 0. The molecule has 0 bridgehead atoms. The molecule has 60 heavy (non-hydrogen) atoms. The second-order valence-corrected chi connectivity index (χ2v) is 16.0. The van der Waals surface area contributed by atoms with Gasteiger partial charge in [0.25, 0.3) is 0 Å². The van der Waals surface area contributed by atoms with Crippen LogP contribution in [0.5, 0.6) is 0 Å². The molecule has 0 aromatic rings. The van der Waals surface area contributed by atoms with Crippen molar-refractivity contribution in [3.05, 3.63) is 85.1 Å². The Morgan fingerprint density at radius 3 is 1.17 bits per heavy atom. The van der Waals surface area contributed by atoms with Gasteiger partial charge in [-0.25, -0.2) is 0 Å². The molecule has 0 aliphatic rings. The van der Waals surface area contributed by atoms with Gasteiger partial charge in [-0.05, 0) is 70.6 Å². The highest BCUT2D eigenvalue weighted by Crippen LogP contribution is 2.15. The van der Waals surface area contributed by atoms with Gasteiger partial charge in [0.1, 0.15) is 13.2 Å². The Labute approximate surface area is 369 Å². The number of ether oxygens (including phenoxy) is 3. The Bertz CT molecular complexity index is 1190. The highest BCUT2D eigenvalue weighted by molar-refractivity contribution is 5.72. The quantitative estimate of drug-likeness (QED) is 0.0263. The van der Waals surface area contributed by atoms with E-state index in [1.54, 1.807) is 6.08 Å². The van der Waals surface area contributed by atoms with Gasteiger partial charge in [-0.3, -0.25) is 14.4 Å². The molecule has 0 spiro atoms. The Hall–Kier alpha value is -3.41. The highest BCUT2D eigenvalue weighted by atomic mass is 16.6. The van der Waals surface area contributed by atoms with Crippen molar-refractivity contribution < 1.29 is 28.6 Å². The highest BCUT2D eigenvalue weighted by Gasteiger charge is 2.19. The van der Waals surface area contributed by atoms with Crippen LogP contribution in [0.15, 0.2) is 85.1 Å². The molecular weight excluding hydrogens is 745 g/mol. The van der Waals surface area contributed by atoms with E-state index in [0.29, 0.717) is 12.8 Å². The monoisotopic (exact) mass is 835 g/mol. The van der Waals surface area contributed by atoms with Crippen molar-refractivity contribution in [2.75, 3.05) is 13.2 Å². The van der Waals surface area contributed by atoms with Crippen molar-refractivity contribution in [2.45, 2.75) is 226 Å². The molecule has 0 saturated heterocycles. The number of hydrogen-bond acceptors (Lipinski definition) is 6. The zero-order chi connectivity index (χ0) is 43.7. The lowest BCUT2D eigenvalue weighted by Crippen LogP contribution is -2.30. The van der Waals surface area contributed by atoms with Crippen molar-refractivity contribution in [2.24, 2.45) is 0 Å². The summed E-state index contributed by atoms with van der Waals surface area (Å²) in [6, 6.07) is 0. The largest absolute Gasteiger partial charge is 0.462 e. The maximum Gasteiger partial charge on any atom is 0.309 e. The van der Waals surface area contributed by atoms with Crippen LogP contribution in [0.1, 0.15) is 220 Å². The van der Waals surface area contributed by atoms with Crippen LogP contribution in [-0.2, 0) is 28.6 Å². The third kappa shape index (κ3) is 45.7. The van der Waals surface area contributed by atoms with Gasteiger partial charge in [-0.15, -0.1) is 0 Å². The predicted octanol–water partition coefficient (Wildman–Crippen LogP) is 16.0. The molecule has 0 rings (SSSR count). The van der Waals surface area contributed by atoms with Crippen molar-refractivity contribution in [3.63, 3.8) is 0 Å². The molecule has 0 fully saturated rings. The molecule has 1 atom stereocenters. The smallest absolute Gasteiger partial charge is 0.309 e. The van der Waals surface area contributed by atoms with Crippen LogP contribution in [0.2, 0.25) is 0 Å². The first kappa shape index (κ1) is 56.6. The van der Waals surface area contributed by atoms with Gasteiger partial charge in [0.15, 0.2) is 6.10 Å². The van der Waals surface area contributed by atoms with Gasteiger partial charge in [-0.1, -0.05) is 215 Å². The lowest BCUT2D eigenvalue weighted by atomic mass is 10.0. The fraction of sp³-hybridized carbons (Fsp3) is 0.685. The summed E-state index contributed by atoms with van der Waals surface area (Å²) in [4.78, 5) is 37.7. The normalized spacial score (nSPS) is 12.8. The number of esters is 3. The van der Waals surface area contributed by atoms with Crippen LogP contribution in [0.25, 0.3) is 0 Å². The van der Waals surface area contributed by atoms with Crippen LogP contribution in [-0.4, -0.2) is 37.2 Å². The molecule has 0 aromatic heterocycles. The third-order valence-corrected chi connectivity index (χ3v) is 10.2. The number of rotatable bonds is 43. The van der Waals surface area contributed by atoms with Gasteiger partial charge in [0.05, 0.1) is 6.42 Å². The molecule has 0 amide bonds. The average Bonchev–Trinajstić information content (AvgIpc) is 3.24. The SMILES string of the molecule is CC/C=C\C/C=C\C/C=C\C/C=C\CCCCCC(=O)OC(COC(=O)C/C=C\C/C=C\C/C=C\CC)COC(=O)CCCCCCCCCCCCCCCCCCC. The van der Waals surface area contributed by atoms with Crippen LogP contribution in [0, 0.1) is 0 Å². The first-order valence-corrected chi connectivity index (χ1v) is 24.6. The van der Waals surface area contributed by atoms with Crippen molar-refractivity contribution in [1.29, 1.82) is 0 Å². The first-order valence-electron chi connectivity index (χ1n) is 24.6. The summed E-state index contributed by atoms with van der Waals surface area (Å²) >= 11 is 0. The molecule has 0 aliphatic heterocycles. The molecule has 6 heteroatoms. The second-order valence-electron chi connectivity index (χ2n) is 16.0. The molecule has 6 nitrogen and oxygen atoms in total. The zero-order valence-electron chi connectivity index (χ0n) is 38.9. The maximum atomic E-state index is 12.7. The molecule has 0 aromatic carbocycles. The lowest BCUT2D eigenvalue weighted by Gasteiger charge is -2.18. The van der Waals surface area contributed by atoms with Crippen LogP contribution >= 0.6 is 0 Å². The van der Waals surface area contributed by atoms with E-state index in [0.717, 1.165) is 83.5 Å². The minimum absolute atomic E-state index is 0.115. The molecule has 0 N–H and O–H groups in total. The van der Waals surface area contributed by atoms with E-state index in [4.69, 9.17) is 14.2 Å². The summed E-state index contributed by atoms with van der Waals surface area (Å²) in [7, 11) is 0. The van der Waals surface area contributed by atoms with E-state index in [1.807, 2.05) is 6.08 Å². The van der Waals surface area contributed by atoms with Gasteiger partial charge < -0.3 is 14.2 Å². The first-order chi connectivity index (χ1) is 29.5. The Morgan fingerprint density at radius 1 is 0.367 bits per heavy atom. The average molecular weight is 835 g/mol. The van der Waals surface area contributed by atoms with Crippen molar-refractivity contribution in [1.82, 2.24) is 0 Å². The summed E-state index contributed by atoms with van der Waals surface area (Å²) in [6.45, 7) is 6.28. The molecule has 1 unspecified atom stereocenters. The fourth-order valence-corrected chi connectivity index (χ4v) is 6.55. The van der Waals surface area contributed by atoms with Gasteiger partial charge in [0, 0.05) is 12.8 Å². The summed E-state index contributed by atoms with van der Waals surface area (Å²) in [5, 5.41) is 0. The Balaban J connectivity index is 4.42. The van der Waals surface area contributed by atoms with E-state index in [1.165, 1.54) is 89.9 Å². The van der Waals surface area contributed by atoms with Crippen molar-refractivity contribution in [3.8, 4) is 0 Å². The van der Waals surface area contributed by atoms with E-state index in [9.17, 15) is 14.4 Å². The Morgan fingerprint density at radius 2 is 0.717 bits per heavy atom. The summed E-state index contributed by atoms with van der Waals surface area (Å²) < 4.78 is 16.6. The van der Waals surface area contributed by atoms with Crippen molar-refractivity contribution >= 4 is 17.9 Å². The summed E-state index contributed by atoms with van der Waals surface area (Å²) in [5.74, 6) is -1.08. The molecule has 0 saturated carbocycles. The maximum absolute atomic E-state index is 12.7. The van der Waals surface area contributed by atoms with Crippen LogP contribution < -0.4 is 0 Å². The van der Waals surface area contributed by atoms with Gasteiger partial charge >= 0.3 is 17.9 Å². The topological polar surface area (TPSA) is 78.9 Å². The standard InChI is InChI=1S/C54H90O6/c1-4-7-10-13-16-19-21-23-25-27-29-30-32-35-38-41-44-47-53(56)59-50-51(49-58-52(55)46-43-40-37-34-18-15-12-9-6-3)60-54(57)48-45-42-39-36-33-31-28-26-24-22-20-17-14-11-8-5-2/h8-9,11-12,17-18,20,24,26,31,33-34,40,43,51H,4-7,10,13-16,19,21-23,25,27-30,32,35-39,41-42,44-50H2,1-3H3/b11-8-,12-9-,20-17-,26-24-,33-31-,34-18-,43-40-. The Kier molecular flexibility index (Phi) is 45.5. The molecule has 342 valence electrons. The van der Waals surface area contributed by atoms with Gasteiger partial charge in [-0.2, -0.15) is 0 Å². The van der Waals surface area contributed by atoms with E-state index < -0.39 is 12.1 Å². The number of unbranched alkanes of at least 4 members (excludes halogenated alkanes) is 19. The van der Waals surface area contributed by atoms with Crippen LogP contribution in [0.3, 0.4) is 0 Å². The summed E-state index contributed by atoms with van der Waals surface area (Å²) in [6.07, 6.45) is 61.8. The minimum Gasteiger partial charge on any atom is -0.462 e. The minimum atomic E-state index is -0.826. The number of allylic oxidation sites excluding steroid dienone is 13. The number of carbonyl (C=O) groups is 3.